The molecule has 8 heteroatoms. The summed E-state index contributed by atoms with van der Waals surface area (Å²) in [5.41, 5.74) is 3.52. The SMILES string of the molecule is CCCNS(=O)(=O)c1ccc(NS(=O)(=O)c2c(C)c(C)cc(C)c2C)cc1. The Bertz CT molecular complexity index is 1020. The highest BCUT2D eigenvalue weighted by Crippen LogP contribution is 2.28. The zero-order valence-corrected chi connectivity index (χ0v) is 17.9. The predicted octanol–water partition coefficient (Wildman–Crippen LogP) is 3.41. The van der Waals surface area contributed by atoms with E-state index in [1.54, 1.807) is 13.8 Å². The minimum absolute atomic E-state index is 0.0951. The summed E-state index contributed by atoms with van der Waals surface area (Å²) in [6, 6.07) is 7.64. The molecule has 0 spiro atoms. The highest BCUT2D eigenvalue weighted by Gasteiger charge is 2.22. The molecule has 0 fully saturated rings. The molecule has 0 aliphatic heterocycles. The van der Waals surface area contributed by atoms with Crippen molar-refractivity contribution in [2.75, 3.05) is 11.3 Å². The highest BCUT2D eigenvalue weighted by molar-refractivity contribution is 7.92. The van der Waals surface area contributed by atoms with Gasteiger partial charge in [-0.05, 0) is 80.6 Å². The van der Waals surface area contributed by atoms with E-state index in [0.29, 0.717) is 29.8 Å². The van der Waals surface area contributed by atoms with Crippen molar-refractivity contribution in [2.24, 2.45) is 0 Å². The molecule has 0 unspecified atom stereocenters. The number of sulfonamides is 2. The van der Waals surface area contributed by atoms with E-state index in [0.717, 1.165) is 11.1 Å². The Morgan fingerprint density at radius 1 is 0.815 bits per heavy atom. The standard InChI is InChI=1S/C19H26N2O4S2/c1-6-11-20-26(22,23)18-9-7-17(8-10-18)21-27(24,25)19-15(4)13(2)12-14(3)16(19)5/h7-10,12,20-21H,6,11H2,1-5H3. The van der Waals surface area contributed by atoms with E-state index in [1.807, 2.05) is 26.8 Å². The van der Waals surface area contributed by atoms with Crippen LogP contribution in [0, 0.1) is 27.7 Å². The number of anilines is 1. The van der Waals surface area contributed by atoms with Gasteiger partial charge in [-0.2, -0.15) is 0 Å². The Labute approximate surface area is 162 Å². The minimum atomic E-state index is -3.80. The second-order valence-electron chi connectivity index (χ2n) is 6.62. The van der Waals surface area contributed by atoms with Gasteiger partial charge in [-0.3, -0.25) is 4.72 Å². The number of benzene rings is 2. The first-order chi connectivity index (χ1) is 12.5. The second kappa shape index (κ2) is 8.00. The van der Waals surface area contributed by atoms with Crippen molar-refractivity contribution < 1.29 is 16.8 Å². The molecular weight excluding hydrogens is 384 g/mol. The van der Waals surface area contributed by atoms with Gasteiger partial charge in [0, 0.05) is 12.2 Å². The van der Waals surface area contributed by atoms with E-state index in [9.17, 15) is 16.8 Å². The van der Waals surface area contributed by atoms with Crippen LogP contribution >= 0.6 is 0 Å². The van der Waals surface area contributed by atoms with E-state index < -0.39 is 20.0 Å². The third kappa shape index (κ3) is 4.69. The van der Waals surface area contributed by atoms with Gasteiger partial charge in [0.15, 0.2) is 0 Å². The molecule has 2 N–H and O–H groups in total. The first-order valence-corrected chi connectivity index (χ1v) is 11.7. The summed E-state index contributed by atoms with van der Waals surface area (Å²) in [7, 11) is -7.38. The Morgan fingerprint density at radius 3 is 1.81 bits per heavy atom. The van der Waals surface area contributed by atoms with E-state index in [1.165, 1.54) is 24.3 Å². The van der Waals surface area contributed by atoms with Crippen LogP contribution in [0.25, 0.3) is 0 Å². The summed E-state index contributed by atoms with van der Waals surface area (Å²) in [6.07, 6.45) is 0.686. The van der Waals surface area contributed by atoms with Gasteiger partial charge in [0.25, 0.3) is 10.0 Å². The van der Waals surface area contributed by atoms with Crippen LogP contribution < -0.4 is 9.44 Å². The van der Waals surface area contributed by atoms with Gasteiger partial charge >= 0.3 is 0 Å². The van der Waals surface area contributed by atoms with Crippen LogP contribution in [0.1, 0.15) is 35.6 Å². The van der Waals surface area contributed by atoms with Gasteiger partial charge in [0.05, 0.1) is 9.79 Å². The molecule has 0 amide bonds. The molecule has 0 atom stereocenters. The Morgan fingerprint density at radius 2 is 1.33 bits per heavy atom. The smallest absolute Gasteiger partial charge is 0.262 e. The number of aryl methyl sites for hydroxylation is 2. The van der Waals surface area contributed by atoms with Gasteiger partial charge in [-0.1, -0.05) is 13.0 Å². The molecule has 0 saturated heterocycles. The quantitative estimate of drug-likeness (QED) is 0.732. The van der Waals surface area contributed by atoms with E-state index in [4.69, 9.17) is 0 Å². The molecule has 148 valence electrons. The van der Waals surface area contributed by atoms with Gasteiger partial charge < -0.3 is 0 Å². The molecule has 27 heavy (non-hydrogen) atoms. The average molecular weight is 411 g/mol. The summed E-state index contributed by atoms with van der Waals surface area (Å²) < 4.78 is 55.1. The lowest BCUT2D eigenvalue weighted by Crippen LogP contribution is -2.24. The van der Waals surface area contributed by atoms with Crippen LogP contribution in [0.2, 0.25) is 0 Å². The van der Waals surface area contributed by atoms with E-state index in [2.05, 4.69) is 9.44 Å². The fraction of sp³-hybridized carbons (Fsp3) is 0.368. The maximum Gasteiger partial charge on any atom is 0.262 e. The van der Waals surface area contributed by atoms with Crippen LogP contribution in [-0.2, 0) is 20.0 Å². The van der Waals surface area contributed by atoms with E-state index >= 15 is 0 Å². The third-order valence-corrected chi connectivity index (χ3v) is 7.66. The third-order valence-electron chi connectivity index (χ3n) is 4.52. The minimum Gasteiger partial charge on any atom is -0.280 e. The maximum atomic E-state index is 12.9. The molecule has 0 heterocycles. The number of hydrogen-bond donors (Lipinski definition) is 2. The summed E-state index contributed by atoms with van der Waals surface area (Å²) in [4.78, 5) is 0.360. The van der Waals surface area contributed by atoms with Crippen molar-refractivity contribution in [3.05, 3.63) is 52.6 Å². The second-order valence-corrected chi connectivity index (χ2v) is 10.0. The topological polar surface area (TPSA) is 92.3 Å². The Balaban J connectivity index is 2.35. The van der Waals surface area contributed by atoms with Crippen LogP contribution in [0.15, 0.2) is 40.1 Å². The average Bonchev–Trinajstić information content (AvgIpc) is 2.58. The lowest BCUT2D eigenvalue weighted by Gasteiger charge is -2.17. The van der Waals surface area contributed by atoms with Gasteiger partial charge in [-0.15, -0.1) is 0 Å². The molecular formula is C19H26N2O4S2. The van der Waals surface area contributed by atoms with Crippen LogP contribution in [0.5, 0.6) is 0 Å². The van der Waals surface area contributed by atoms with Gasteiger partial charge in [0.1, 0.15) is 0 Å². The van der Waals surface area contributed by atoms with Crippen molar-refractivity contribution in [3.63, 3.8) is 0 Å². The van der Waals surface area contributed by atoms with Crippen molar-refractivity contribution in [3.8, 4) is 0 Å². The summed E-state index contributed by atoms with van der Waals surface area (Å²) in [6.45, 7) is 9.55. The first kappa shape index (κ1) is 21.4. The van der Waals surface area contributed by atoms with Crippen LogP contribution in [-0.4, -0.2) is 23.4 Å². The van der Waals surface area contributed by atoms with Crippen LogP contribution in [0.3, 0.4) is 0 Å². The molecule has 2 rings (SSSR count). The monoisotopic (exact) mass is 410 g/mol. The van der Waals surface area contributed by atoms with Crippen molar-refractivity contribution >= 4 is 25.7 Å². The lowest BCUT2D eigenvalue weighted by molar-refractivity contribution is 0.581. The Hall–Kier alpha value is -1.90. The molecule has 2 aromatic carbocycles. The zero-order valence-electron chi connectivity index (χ0n) is 16.3. The largest absolute Gasteiger partial charge is 0.280 e. The molecule has 0 saturated carbocycles. The lowest BCUT2D eigenvalue weighted by atomic mass is 10.0. The summed E-state index contributed by atoms with van der Waals surface area (Å²) in [5, 5.41) is 0. The van der Waals surface area contributed by atoms with Gasteiger partial charge in [-0.25, -0.2) is 21.6 Å². The van der Waals surface area contributed by atoms with Crippen molar-refractivity contribution in [2.45, 2.75) is 50.8 Å². The van der Waals surface area contributed by atoms with Crippen molar-refractivity contribution in [1.29, 1.82) is 0 Å². The fourth-order valence-electron chi connectivity index (χ4n) is 2.81. The molecule has 0 bridgehead atoms. The molecule has 0 aliphatic rings. The number of nitrogens with one attached hydrogen (secondary N) is 2. The molecule has 0 aliphatic carbocycles. The van der Waals surface area contributed by atoms with E-state index in [-0.39, 0.29) is 9.79 Å². The summed E-state index contributed by atoms with van der Waals surface area (Å²) in [5.74, 6) is 0. The maximum absolute atomic E-state index is 12.9. The first-order valence-electron chi connectivity index (χ1n) is 8.69. The predicted molar refractivity (Wildman–Crippen MR) is 108 cm³/mol. The molecule has 2 aromatic rings. The highest BCUT2D eigenvalue weighted by atomic mass is 32.2. The number of hydrogen-bond acceptors (Lipinski definition) is 4. The zero-order chi connectivity index (χ0) is 20.4. The fourth-order valence-corrected chi connectivity index (χ4v) is 5.62. The molecule has 6 nitrogen and oxygen atoms in total. The molecule has 0 radical (unpaired) electrons. The normalized spacial score (nSPS) is 12.2. The van der Waals surface area contributed by atoms with Crippen molar-refractivity contribution in [1.82, 2.24) is 4.72 Å². The van der Waals surface area contributed by atoms with Crippen LogP contribution in [0.4, 0.5) is 5.69 Å². The summed E-state index contributed by atoms with van der Waals surface area (Å²) >= 11 is 0. The Kier molecular flexibility index (Phi) is 6.34. The van der Waals surface area contributed by atoms with Gasteiger partial charge in [0.2, 0.25) is 10.0 Å². The number of rotatable bonds is 7. The molecule has 0 aromatic heterocycles.